The number of pyridine rings is 1. The van der Waals surface area contributed by atoms with Crippen molar-refractivity contribution in [2.75, 3.05) is 17.7 Å². The van der Waals surface area contributed by atoms with Gasteiger partial charge in [-0.05, 0) is 12.5 Å². The van der Waals surface area contributed by atoms with Gasteiger partial charge in [0, 0.05) is 18.0 Å². The number of carbonyl (C=O) groups excluding carboxylic acids is 2. The lowest BCUT2D eigenvalue weighted by Gasteiger charge is -2.15. The normalized spacial score (nSPS) is 11.4. The Morgan fingerprint density at radius 3 is 2.68 bits per heavy atom. The highest BCUT2D eigenvalue weighted by molar-refractivity contribution is 5.96. The standard InChI is InChI=1S/C15H19N7O3/c1-3-9(13(16)23)21-10-7-19-12(14(17)24)15(22-10)20-8-4-5-18-11(6-8)25-2/h4-7,9H,3H2,1-2H3,(H2,16,23)(H2,17,24)(H2,18,20,21,22)/t9-/m1/s1. The van der Waals surface area contributed by atoms with Crippen LogP contribution in [0.2, 0.25) is 0 Å². The molecule has 6 N–H and O–H groups in total. The van der Waals surface area contributed by atoms with Gasteiger partial charge < -0.3 is 26.8 Å². The Kier molecular flexibility index (Phi) is 5.66. The fraction of sp³-hybridized carbons (Fsp3) is 0.267. The maximum atomic E-state index is 11.6. The van der Waals surface area contributed by atoms with Crippen molar-refractivity contribution in [2.24, 2.45) is 11.5 Å². The Morgan fingerprint density at radius 2 is 2.08 bits per heavy atom. The molecule has 132 valence electrons. The maximum absolute atomic E-state index is 11.6. The maximum Gasteiger partial charge on any atom is 0.271 e. The predicted octanol–water partition coefficient (Wildman–Crippen LogP) is 0.398. The summed E-state index contributed by atoms with van der Waals surface area (Å²) in [5.41, 5.74) is 11.2. The molecule has 0 aromatic carbocycles. The van der Waals surface area contributed by atoms with Gasteiger partial charge in [-0.1, -0.05) is 6.92 Å². The highest BCUT2D eigenvalue weighted by atomic mass is 16.5. The van der Waals surface area contributed by atoms with Crippen LogP contribution >= 0.6 is 0 Å². The van der Waals surface area contributed by atoms with E-state index in [4.69, 9.17) is 16.2 Å². The molecule has 1 atom stereocenters. The van der Waals surface area contributed by atoms with Crippen LogP contribution in [0.1, 0.15) is 23.8 Å². The van der Waals surface area contributed by atoms with Gasteiger partial charge in [0.1, 0.15) is 11.9 Å². The Balaban J connectivity index is 2.34. The van der Waals surface area contributed by atoms with E-state index in [-0.39, 0.29) is 17.3 Å². The zero-order chi connectivity index (χ0) is 18.4. The SMILES string of the molecule is CC[C@@H](Nc1cnc(C(N)=O)c(Nc2ccnc(OC)c2)n1)C(N)=O. The largest absolute Gasteiger partial charge is 0.481 e. The lowest BCUT2D eigenvalue weighted by molar-refractivity contribution is -0.118. The number of amides is 2. The van der Waals surface area contributed by atoms with Crippen LogP contribution < -0.4 is 26.8 Å². The molecule has 0 radical (unpaired) electrons. The van der Waals surface area contributed by atoms with Crippen LogP contribution in [-0.4, -0.2) is 39.9 Å². The van der Waals surface area contributed by atoms with Gasteiger partial charge in [-0.3, -0.25) is 9.59 Å². The number of aromatic nitrogens is 3. The first-order valence-electron chi connectivity index (χ1n) is 7.44. The molecule has 2 aromatic heterocycles. The monoisotopic (exact) mass is 345 g/mol. The van der Waals surface area contributed by atoms with E-state index in [1.165, 1.54) is 19.5 Å². The second-order valence-corrected chi connectivity index (χ2v) is 5.04. The van der Waals surface area contributed by atoms with Crippen LogP contribution in [-0.2, 0) is 4.79 Å². The Morgan fingerprint density at radius 1 is 1.32 bits per heavy atom. The number of carbonyl (C=O) groups is 2. The van der Waals surface area contributed by atoms with Gasteiger partial charge in [-0.15, -0.1) is 0 Å². The first-order valence-corrected chi connectivity index (χ1v) is 7.44. The summed E-state index contributed by atoms with van der Waals surface area (Å²) in [5, 5.41) is 5.80. The van der Waals surface area contributed by atoms with Gasteiger partial charge in [0.05, 0.1) is 13.3 Å². The Bertz CT molecular complexity index is 781. The number of ether oxygens (including phenoxy) is 1. The van der Waals surface area contributed by atoms with Crippen molar-refractivity contribution >= 4 is 29.1 Å². The van der Waals surface area contributed by atoms with Crippen LogP contribution in [0.4, 0.5) is 17.3 Å². The first kappa shape index (κ1) is 17.9. The molecule has 0 aliphatic heterocycles. The zero-order valence-electron chi connectivity index (χ0n) is 13.8. The van der Waals surface area contributed by atoms with Gasteiger partial charge in [-0.25, -0.2) is 15.0 Å². The van der Waals surface area contributed by atoms with Crippen molar-refractivity contribution in [1.82, 2.24) is 15.0 Å². The third-order valence-electron chi connectivity index (χ3n) is 3.29. The van der Waals surface area contributed by atoms with E-state index in [0.717, 1.165) is 0 Å². The molecule has 10 nitrogen and oxygen atoms in total. The number of primary amides is 2. The third-order valence-corrected chi connectivity index (χ3v) is 3.29. The first-order chi connectivity index (χ1) is 11.9. The van der Waals surface area contributed by atoms with E-state index in [9.17, 15) is 9.59 Å². The van der Waals surface area contributed by atoms with Gasteiger partial charge in [0.25, 0.3) is 5.91 Å². The molecule has 0 aliphatic carbocycles. The molecule has 2 amide bonds. The molecule has 0 saturated heterocycles. The van der Waals surface area contributed by atoms with Crippen molar-refractivity contribution < 1.29 is 14.3 Å². The summed E-state index contributed by atoms with van der Waals surface area (Å²) in [5.74, 6) is -0.474. The molecule has 0 unspecified atom stereocenters. The number of hydrogen-bond acceptors (Lipinski definition) is 8. The molecule has 2 aromatic rings. The highest BCUT2D eigenvalue weighted by Crippen LogP contribution is 2.21. The highest BCUT2D eigenvalue weighted by Gasteiger charge is 2.17. The summed E-state index contributed by atoms with van der Waals surface area (Å²) in [4.78, 5) is 35.2. The molecule has 2 rings (SSSR count). The quantitative estimate of drug-likeness (QED) is 0.535. The van der Waals surface area contributed by atoms with Gasteiger partial charge in [0.15, 0.2) is 11.5 Å². The van der Waals surface area contributed by atoms with Crippen LogP contribution in [0.25, 0.3) is 0 Å². The molecule has 0 fully saturated rings. The Hall–Kier alpha value is -3.43. The summed E-state index contributed by atoms with van der Waals surface area (Å²) in [6.07, 6.45) is 3.31. The van der Waals surface area contributed by atoms with E-state index >= 15 is 0 Å². The molecule has 0 saturated carbocycles. The molecular formula is C15H19N7O3. The van der Waals surface area contributed by atoms with Crippen molar-refractivity contribution in [1.29, 1.82) is 0 Å². The summed E-state index contributed by atoms with van der Waals surface area (Å²) < 4.78 is 5.05. The molecule has 0 aliphatic rings. The lowest BCUT2D eigenvalue weighted by atomic mass is 10.2. The van der Waals surface area contributed by atoms with Gasteiger partial charge in [0.2, 0.25) is 11.8 Å². The number of nitrogens with two attached hydrogens (primary N) is 2. The van der Waals surface area contributed by atoms with Crippen LogP contribution in [0, 0.1) is 0 Å². The molecule has 10 heteroatoms. The number of nitrogens with zero attached hydrogens (tertiary/aromatic N) is 3. The summed E-state index contributed by atoms with van der Waals surface area (Å²) in [6.45, 7) is 1.80. The minimum atomic E-state index is -0.746. The second kappa shape index (κ2) is 7.90. The van der Waals surface area contributed by atoms with Crippen molar-refractivity contribution in [2.45, 2.75) is 19.4 Å². The smallest absolute Gasteiger partial charge is 0.271 e. The number of hydrogen-bond donors (Lipinski definition) is 4. The van der Waals surface area contributed by atoms with E-state index in [1.54, 1.807) is 19.1 Å². The molecule has 2 heterocycles. The number of methoxy groups -OCH3 is 1. The van der Waals surface area contributed by atoms with E-state index < -0.39 is 17.9 Å². The predicted molar refractivity (Wildman–Crippen MR) is 91.5 cm³/mol. The average molecular weight is 345 g/mol. The summed E-state index contributed by atoms with van der Waals surface area (Å²) >= 11 is 0. The van der Waals surface area contributed by atoms with Crippen LogP contribution in [0.5, 0.6) is 5.88 Å². The number of nitrogens with one attached hydrogen (secondary N) is 2. The lowest BCUT2D eigenvalue weighted by Crippen LogP contribution is -2.35. The average Bonchev–Trinajstić information content (AvgIpc) is 2.59. The van der Waals surface area contributed by atoms with Gasteiger partial charge in [-0.2, -0.15) is 0 Å². The van der Waals surface area contributed by atoms with Crippen molar-refractivity contribution in [3.8, 4) is 5.88 Å². The Labute approximate surface area is 144 Å². The minimum absolute atomic E-state index is 0.0477. The van der Waals surface area contributed by atoms with Gasteiger partial charge >= 0.3 is 0 Å². The van der Waals surface area contributed by atoms with Crippen LogP contribution in [0.15, 0.2) is 24.5 Å². The fourth-order valence-corrected chi connectivity index (χ4v) is 2.01. The van der Waals surface area contributed by atoms with E-state index in [2.05, 4.69) is 25.6 Å². The third kappa shape index (κ3) is 4.53. The van der Waals surface area contributed by atoms with E-state index in [0.29, 0.717) is 18.0 Å². The number of rotatable bonds is 8. The molecule has 25 heavy (non-hydrogen) atoms. The topological polar surface area (TPSA) is 158 Å². The minimum Gasteiger partial charge on any atom is -0.481 e. The second-order valence-electron chi connectivity index (χ2n) is 5.04. The fourth-order valence-electron chi connectivity index (χ4n) is 2.01. The summed E-state index contributed by atoms with van der Waals surface area (Å²) in [6, 6.07) is 2.67. The van der Waals surface area contributed by atoms with Crippen molar-refractivity contribution in [3.05, 3.63) is 30.2 Å². The molecule has 0 spiro atoms. The van der Waals surface area contributed by atoms with Crippen LogP contribution in [0.3, 0.4) is 0 Å². The van der Waals surface area contributed by atoms with Crippen molar-refractivity contribution in [3.63, 3.8) is 0 Å². The summed E-state index contributed by atoms with van der Waals surface area (Å²) in [7, 11) is 1.49. The zero-order valence-corrected chi connectivity index (χ0v) is 13.8. The number of anilines is 3. The molecular weight excluding hydrogens is 326 g/mol. The molecule has 0 bridgehead atoms. The van der Waals surface area contributed by atoms with E-state index in [1.807, 2.05) is 0 Å².